The third-order valence-corrected chi connectivity index (χ3v) is 3.30. The molecular formula is C14H27N5. The molecule has 1 heterocycles. The fourth-order valence-electron chi connectivity index (χ4n) is 1.75. The van der Waals surface area contributed by atoms with E-state index in [0.29, 0.717) is 0 Å². The van der Waals surface area contributed by atoms with Crippen molar-refractivity contribution in [2.75, 3.05) is 36.9 Å². The molecule has 5 heteroatoms. The summed E-state index contributed by atoms with van der Waals surface area (Å²) in [7, 11) is 1.97. The summed E-state index contributed by atoms with van der Waals surface area (Å²) in [6.07, 6.45) is 0. The molecule has 1 aromatic heterocycles. The van der Waals surface area contributed by atoms with Crippen molar-refractivity contribution in [1.29, 1.82) is 0 Å². The fourth-order valence-corrected chi connectivity index (χ4v) is 1.75. The van der Waals surface area contributed by atoms with Crippen LogP contribution in [0.5, 0.6) is 0 Å². The number of anilines is 2. The minimum absolute atomic E-state index is 0.0359. The van der Waals surface area contributed by atoms with E-state index >= 15 is 0 Å². The van der Waals surface area contributed by atoms with Gasteiger partial charge in [0, 0.05) is 31.2 Å². The molecule has 0 amide bonds. The van der Waals surface area contributed by atoms with Gasteiger partial charge >= 0.3 is 0 Å². The third kappa shape index (κ3) is 4.67. The molecule has 0 fully saturated rings. The maximum Gasteiger partial charge on any atom is 0.134 e. The van der Waals surface area contributed by atoms with Crippen LogP contribution in [-0.2, 0) is 0 Å². The van der Waals surface area contributed by atoms with Crippen molar-refractivity contribution in [2.24, 2.45) is 0 Å². The fraction of sp³-hybridized carbons (Fsp3) is 0.714. The van der Waals surface area contributed by atoms with Gasteiger partial charge < -0.3 is 15.5 Å². The highest BCUT2D eigenvalue weighted by Crippen LogP contribution is 2.16. The highest BCUT2D eigenvalue weighted by atomic mass is 15.2. The predicted octanol–water partition coefficient (Wildman–Crippen LogP) is 2.04. The Bertz CT molecular complexity index is 399. The van der Waals surface area contributed by atoms with E-state index in [2.05, 4.69) is 53.2 Å². The Hall–Kier alpha value is -1.36. The van der Waals surface area contributed by atoms with E-state index in [1.165, 1.54) is 0 Å². The molecule has 0 saturated heterocycles. The summed E-state index contributed by atoms with van der Waals surface area (Å²) in [5.41, 5.74) is 0.0359. The highest BCUT2D eigenvalue weighted by molar-refractivity contribution is 5.49. The first-order valence-corrected chi connectivity index (χ1v) is 6.95. The second kappa shape index (κ2) is 6.70. The molecular weight excluding hydrogens is 238 g/mol. The van der Waals surface area contributed by atoms with Crippen molar-refractivity contribution in [3.05, 3.63) is 11.9 Å². The molecule has 0 spiro atoms. The Kier molecular flexibility index (Phi) is 5.54. The van der Waals surface area contributed by atoms with Crippen molar-refractivity contribution in [3.8, 4) is 0 Å². The van der Waals surface area contributed by atoms with Crippen LogP contribution in [0, 0.1) is 6.92 Å². The molecule has 0 aliphatic rings. The first kappa shape index (κ1) is 15.7. The number of rotatable bonds is 7. The van der Waals surface area contributed by atoms with Crippen molar-refractivity contribution in [1.82, 2.24) is 15.3 Å². The van der Waals surface area contributed by atoms with Gasteiger partial charge in [0.05, 0.1) is 0 Å². The zero-order valence-electron chi connectivity index (χ0n) is 13.0. The van der Waals surface area contributed by atoms with E-state index in [9.17, 15) is 0 Å². The normalized spacial score (nSPS) is 11.5. The molecule has 0 aliphatic heterocycles. The molecule has 1 rings (SSSR count). The summed E-state index contributed by atoms with van der Waals surface area (Å²) in [5.74, 6) is 2.68. The van der Waals surface area contributed by atoms with E-state index in [-0.39, 0.29) is 5.54 Å². The van der Waals surface area contributed by atoms with E-state index in [4.69, 9.17) is 0 Å². The first-order chi connectivity index (χ1) is 8.91. The second-order valence-corrected chi connectivity index (χ2v) is 5.32. The Labute approximate surface area is 116 Å². The molecule has 0 radical (unpaired) electrons. The lowest BCUT2D eigenvalue weighted by Crippen LogP contribution is -2.43. The number of aromatic nitrogens is 2. The van der Waals surface area contributed by atoms with Gasteiger partial charge in [0.2, 0.25) is 0 Å². The van der Waals surface area contributed by atoms with Crippen molar-refractivity contribution >= 4 is 11.6 Å². The van der Waals surface area contributed by atoms with Crippen LogP contribution < -0.4 is 15.5 Å². The zero-order valence-corrected chi connectivity index (χ0v) is 13.0. The second-order valence-electron chi connectivity index (χ2n) is 5.32. The Morgan fingerprint density at radius 3 is 2.37 bits per heavy atom. The largest absolute Gasteiger partial charge is 0.368 e. The lowest BCUT2D eigenvalue weighted by molar-refractivity contribution is 0.447. The predicted molar refractivity (Wildman–Crippen MR) is 82.0 cm³/mol. The van der Waals surface area contributed by atoms with Gasteiger partial charge in [0.25, 0.3) is 0 Å². The number of likely N-dealkylation sites (N-methyl/N-ethyl adjacent to an activating group) is 1. The van der Waals surface area contributed by atoms with E-state index < -0.39 is 0 Å². The van der Waals surface area contributed by atoms with Gasteiger partial charge in [-0.05, 0) is 41.7 Å². The number of hydrogen-bond donors (Lipinski definition) is 2. The SMILES string of the molecule is CCN(CC)c1cc(NCC(C)(C)NC)nc(C)n1. The van der Waals surface area contributed by atoms with Gasteiger partial charge in [-0.3, -0.25) is 0 Å². The average molecular weight is 265 g/mol. The van der Waals surface area contributed by atoms with Crippen LogP contribution in [0.4, 0.5) is 11.6 Å². The van der Waals surface area contributed by atoms with Crippen LogP contribution in [0.25, 0.3) is 0 Å². The molecule has 5 nitrogen and oxygen atoms in total. The molecule has 0 aromatic carbocycles. The Morgan fingerprint density at radius 2 is 1.84 bits per heavy atom. The lowest BCUT2D eigenvalue weighted by atomic mass is 10.1. The van der Waals surface area contributed by atoms with Gasteiger partial charge in [-0.15, -0.1) is 0 Å². The summed E-state index contributed by atoms with van der Waals surface area (Å²) < 4.78 is 0. The van der Waals surface area contributed by atoms with Gasteiger partial charge in [0.15, 0.2) is 0 Å². The Morgan fingerprint density at radius 1 is 1.21 bits per heavy atom. The van der Waals surface area contributed by atoms with Gasteiger partial charge in [0.1, 0.15) is 17.5 Å². The minimum atomic E-state index is 0.0359. The third-order valence-electron chi connectivity index (χ3n) is 3.30. The standard InChI is InChI=1S/C14H27N5/c1-7-19(8-2)13-9-12(17-11(3)18-13)16-10-14(4,5)15-6/h9,15H,7-8,10H2,1-6H3,(H,16,17,18). The molecule has 2 N–H and O–H groups in total. The van der Waals surface area contributed by atoms with Crippen LogP contribution in [0.15, 0.2) is 6.07 Å². The average Bonchev–Trinajstić information content (AvgIpc) is 2.37. The molecule has 0 atom stereocenters. The lowest BCUT2D eigenvalue weighted by Gasteiger charge is -2.25. The van der Waals surface area contributed by atoms with Crippen LogP contribution in [0.1, 0.15) is 33.5 Å². The van der Waals surface area contributed by atoms with Crippen molar-refractivity contribution in [3.63, 3.8) is 0 Å². The molecule has 19 heavy (non-hydrogen) atoms. The first-order valence-electron chi connectivity index (χ1n) is 6.95. The summed E-state index contributed by atoms with van der Waals surface area (Å²) in [6, 6.07) is 2.02. The maximum atomic E-state index is 4.50. The Balaban J connectivity index is 2.85. The van der Waals surface area contributed by atoms with Crippen LogP contribution in [-0.4, -0.2) is 42.2 Å². The van der Waals surface area contributed by atoms with Crippen molar-refractivity contribution < 1.29 is 0 Å². The summed E-state index contributed by atoms with van der Waals surface area (Å²) >= 11 is 0. The number of hydrogen-bond acceptors (Lipinski definition) is 5. The maximum absolute atomic E-state index is 4.50. The van der Waals surface area contributed by atoms with E-state index in [1.807, 2.05) is 20.0 Å². The molecule has 0 saturated carbocycles. The van der Waals surface area contributed by atoms with E-state index in [1.54, 1.807) is 0 Å². The summed E-state index contributed by atoms with van der Waals surface area (Å²) in [5, 5.41) is 6.65. The van der Waals surface area contributed by atoms with Crippen LogP contribution >= 0.6 is 0 Å². The summed E-state index contributed by atoms with van der Waals surface area (Å²) in [4.78, 5) is 11.2. The van der Waals surface area contributed by atoms with Gasteiger partial charge in [-0.25, -0.2) is 9.97 Å². The van der Waals surface area contributed by atoms with E-state index in [0.717, 1.165) is 37.1 Å². The van der Waals surface area contributed by atoms with Gasteiger partial charge in [-0.1, -0.05) is 0 Å². The molecule has 1 aromatic rings. The van der Waals surface area contributed by atoms with Gasteiger partial charge in [-0.2, -0.15) is 0 Å². The summed E-state index contributed by atoms with van der Waals surface area (Å²) in [6.45, 7) is 13.2. The number of nitrogens with one attached hydrogen (secondary N) is 2. The smallest absolute Gasteiger partial charge is 0.134 e. The topological polar surface area (TPSA) is 53.1 Å². The van der Waals surface area contributed by atoms with Crippen LogP contribution in [0.3, 0.4) is 0 Å². The molecule has 0 bridgehead atoms. The quantitative estimate of drug-likeness (QED) is 0.790. The molecule has 0 aliphatic carbocycles. The highest BCUT2D eigenvalue weighted by Gasteiger charge is 2.15. The van der Waals surface area contributed by atoms with Crippen LogP contribution in [0.2, 0.25) is 0 Å². The molecule has 108 valence electrons. The monoisotopic (exact) mass is 265 g/mol. The molecule has 0 unspecified atom stereocenters. The minimum Gasteiger partial charge on any atom is -0.368 e. The number of nitrogens with zero attached hydrogens (tertiary/aromatic N) is 3. The van der Waals surface area contributed by atoms with Crippen molar-refractivity contribution in [2.45, 2.75) is 40.2 Å². The number of aryl methyl sites for hydroxylation is 1. The zero-order chi connectivity index (χ0) is 14.5.